The minimum Gasteiger partial charge on any atom is -0.493 e. The average molecular weight is 391 g/mol. The van der Waals surface area contributed by atoms with Gasteiger partial charge in [-0.2, -0.15) is 0 Å². The van der Waals surface area contributed by atoms with Crippen molar-refractivity contribution in [2.24, 2.45) is 0 Å². The van der Waals surface area contributed by atoms with Crippen molar-refractivity contribution in [3.63, 3.8) is 0 Å². The number of benzene rings is 2. The number of rotatable bonds is 3. The Bertz CT molecular complexity index is 764. The molecule has 0 atom stereocenters. The maximum absolute atomic E-state index is 12.5. The van der Waals surface area contributed by atoms with E-state index in [1.807, 2.05) is 36.4 Å². The van der Waals surface area contributed by atoms with Gasteiger partial charge in [-0.1, -0.05) is 22.0 Å². The summed E-state index contributed by atoms with van der Waals surface area (Å²) >= 11 is 3.41. The first-order valence-electron chi connectivity index (χ1n) is 7.66. The molecule has 2 aromatic rings. The number of hydrogen-bond acceptors (Lipinski definition) is 3. The highest BCUT2D eigenvalue weighted by molar-refractivity contribution is 9.10. The van der Waals surface area contributed by atoms with E-state index in [1.54, 1.807) is 19.1 Å². The topological polar surface area (TPSA) is 50.8 Å². The number of ether oxygens (including phenoxy) is 2. The normalized spacial score (nSPS) is 13.2. The quantitative estimate of drug-likeness (QED) is 0.859. The van der Waals surface area contributed by atoms with Gasteiger partial charge in [-0.05, 0) is 47.9 Å². The van der Waals surface area contributed by atoms with Gasteiger partial charge in [0, 0.05) is 23.2 Å². The molecule has 0 saturated carbocycles. The van der Waals surface area contributed by atoms with Gasteiger partial charge in [0.1, 0.15) is 0 Å². The van der Waals surface area contributed by atoms with Crippen LogP contribution in [0.5, 0.6) is 11.5 Å². The van der Waals surface area contributed by atoms with Crippen molar-refractivity contribution >= 4 is 27.6 Å². The lowest BCUT2D eigenvalue weighted by atomic mass is 9.99. The highest BCUT2D eigenvalue weighted by Gasteiger charge is 2.23. The zero-order valence-electron chi connectivity index (χ0n) is 13.6. The maximum atomic E-state index is 12.5. The molecular formula is C18H19BrN2O3. The summed E-state index contributed by atoms with van der Waals surface area (Å²) in [5.74, 6) is 1.41. The molecule has 24 heavy (non-hydrogen) atoms. The number of fused-ring (bicyclic) bond motifs is 1. The summed E-state index contributed by atoms with van der Waals surface area (Å²) in [5, 5.41) is 2.94. The summed E-state index contributed by atoms with van der Waals surface area (Å²) in [5.41, 5.74) is 3.05. The van der Waals surface area contributed by atoms with Gasteiger partial charge >= 0.3 is 6.03 Å². The summed E-state index contributed by atoms with van der Waals surface area (Å²) in [6, 6.07) is 11.4. The van der Waals surface area contributed by atoms with E-state index in [0.29, 0.717) is 18.8 Å². The van der Waals surface area contributed by atoms with Crippen LogP contribution in [0.3, 0.4) is 0 Å². The summed E-state index contributed by atoms with van der Waals surface area (Å²) < 4.78 is 11.6. The zero-order valence-corrected chi connectivity index (χ0v) is 15.2. The average Bonchev–Trinajstić information content (AvgIpc) is 2.59. The van der Waals surface area contributed by atoms with E-state index in [-0.39, 0.29) is 6.03 Å². The van der Waals surface area contributed by atoms with Crippen LogP contribution in [0.2, 0.25) is 0 Å². The van der Waals surface area contributed by atoms with Crippen molar-refractivity contribution in [2.45, 2.75) is 13.0 Å². The third kappa shape index (κ3) is 3.48. The smallest absolute Gasteiger partial charge is 0.322 e. The molecule has 1 heterocycles. The van der Waals surface area contributed by atoms with E-state index >= 15 is 0 Å². The molecule has 0 fully saturated rings. The van der Waals surface area contributed by atoms with Crippen LogP contribution >= 0.6 is 15.9 Å². The molecule has 0 aliphatic carbocycles. The lowest BCUT2D eigenvalue weighted by molar-refractivity contribution is 0.206. The lowest BCUT2D eigenvalue weighted by Gasteiger charge is -2.29. The highest BCUT2D eigenvalue weighted by Crippen LogP contribution is 2.33. The van der Waals surface area contributed by atoms with Crippen LogP contribution < -0.4 is 14.8 Å². The Morgan fingerprint density at radius 2 is 1.83 bits per heavy atom. The number of methoxy groups -OCH3 is 2. The van der Waals surface area contributed by atoms with Crippen LogP contribution in [0.15, 0.2) is 40.9 Å². The molecule has 1 aliphatic heterocycles. The van der Waals surface area contributed by atoms with E-state index < -0.39 is 0 Å². The van der Waals surface area contributed by atoms with Crippen molar-refractivity contribution in [1.82, 2.24) is 4.90 Å². The first-order valence-corrected chi connectivity index (χ1v) is 8.45. The fourth-order valence-corrected chi connectivity index (χ4v) is 3.22. The number of halogens is 1. The van der Waals surface area contributed by atoms with Gasteiger partial charge in [-0.3, -0.25) is 0 Å². The minimum absolute atomic E-state index is 0.103. The van der Waals surface area contributed by atoms with Gasteiger partial charge in [-0.25, -0.2) is 4.79 Å². The van der Waals surface area contributed by atoms with E-state index in [9.17, 15) is 4.79 Å². The first-order chi connectivity index (χ1) is 11.6. The number of hydrogen-bond donors (Lipinski definition) is 1. The predicted molar refractivity (Wildman–Crippen MR) is 96.8 cm³/mol. The van der Waals surface area contributed by atoms with Gasteiger partial charge in [0.15, 0.2) is 11.5 Å². The fourth-order valence-electron chi connectivity index (χ4n) is 2.83. The number of urea groups is 1. The summed E-state index contributed by atoms with van der Waals surface area (Å²) in [6.07, 6.45) is 0.793. The molecule has 1 N–H and O–H groups in total. The lowest BCUT2D eigenvalue weighted by Crippen LogP contribution is -2.38. The molecule has 0 bridgehead atoms. The van der Waals surface area contributed by atoms with E-state index in [4.69, 9.17) is 9.47 Å². The van der Waals surface area contributed by atoms with Crippen LogP contribution in [0.25, 0.3) is 0 Å². The van der Waals surface area contributed by atoms with Gasteiger partial charge in [0.05, 0.1) is 14.2 Å². The summed E-state index contributed by atoms with van der Waals surface area (Å²) in [6.45, 7) is 1.22. The van der Waals surface area contributed by atoms with Crippen molar-refractivity contribution in [3.05, 3.63) is 52.0 Å². The van der Waals surface area contributed by atoms with Crippen LogP contribution in [0.4, 0.5) is 10.5 Å². The molecule has 6 heteroatoms. The molecule has 0 radical (unpaired) electrons. The second-order valence-electron chi connectivity index (χ2n) is 5.59. The summed E-state index contributed by atoms with van der Waals surface area (Å²) in [7, 11) is 3.25. The third-order valence-electron chi connectivity index (χ3n) is 4.08. The van der Waals surface area contributed by atoms with Crippen LogP contribution in [-0.2, 0) is 13.0 Å². The van der Waals surface area contributed by atoms with Gasteiger partial charge < -0.3 is 19.7 Å². The number of anilines is 1. The number of amides is 2. The Labute approximate surface area is 149 Å². The standard InChI is InChI=1S/C18H19BrN2O3/c1-23-16-8-12-6-7-21(11-13(12)9-17(16)24-2)18(22)20-15-5-3-4-14(19)10-15/h3-5,8-10H,6-7,11H2,1-2H3,(H,20,22). The van der Waals surface area contributed by atoms with Crippen LogP contribution in [-0.4, -0.2) is 31.7 Å². The van der Waals surface area contributed by atoms with Crippen molar-refractivity contribution in [1.29, 1.82) is 0 Å². The monoisotopic (exact) mass is 390 g/mol. The van der Waals surface area contributed by atoms with E-state index in [2.05, 4.69) is 21.2 Å². The summed E-state index contributed by atoms with van der Waals surface area (Å²) in [4.78, 5) is 14.3. The van der Waals surface area contributed by atoms with Gasteiger partial charge in [0.25, 0.3) is 0 Å². The molecule has 0 aromatic heterocycles. The number of carbonyl (C=O) groups excluding carboxylic acids is 1. The molecule has 1 aliphatic rings. The molecule has 126 valence electrons. The number of carbonyl (C=O) groups is 1. The zero-order chi connectivity index (χ0) is 17.1. The molecular weight excluding hydrogens is 372 g/mol. The largest absolute Gasteiger partial charge is 0.493 e. The Morgan fingerprint density at radius 3 is 2.50 bits per heavy atom. The second-order valence-corrected chi connectivity index (χ2v) is 6.50. The Hall–Kier alpha value is -2.21. The third-order valence-corrected chi connectivity index (χ3v) is 4.57. The Balaban J connectivity index is 1.75. The SMILES string of the molecule is COc1cc2c(cc1OC)CN(C(=O)Nc1cccc(Br)c1)CC2. The Kier molecular flexibility index (Phi) is 4.94. The molecule has 0 saturated heterocycles. The van der Waals surface area contributed by atoms with E-state index in [0.717, 1.165) is 27.9 Å². The molecule has 5 nitrogen and oxygen atoms in total. The Morgan fingerprint density at radius 1 is 1.12 bits per heavy atom. The first kappa shape index (κ1) is 16.6. The van der Waals surface area contributed by atoms with Crippen molar-refractivity contribution in [3.8, 4) is 11.5 Å². The van der Waals surface area contributed by atoms with Crippen LogP contribution in [0, 0.1) is 0 Å². The van der Waals surface area contributed by atoms with Crippen molar-refractivity contribution in [2.75, 3.05) is 26.1 Å². The molecule has 0 spiro atoms. The van der Waals surface area contributed by atoms with Gasteiger partial charge in [0.2, 0.25) is 0 Å². The number of nitrogens with zero attached hydrogens (tertiary/aromatic N) is 1. The van der Waals surface area contributed by atoms with E-state index in [1.165, 1.54) is 5.56 Å². The number of nitrogens with one attached hydrogen (secondary N) is 1. The van der Waals surface area contributed by atoms with Crippen LogP contribution in [0.1, 0.15) is 11.1 Å². The second kappa shape index (κ2) is 7.13. The molecule has 3 rings (SSSR count). The van der Waals surface area contributed by atoms with Gasteiger partial charge in [-0.15, -0.1) is 0 Å². The highest BCUT2D eigenvalue weighted by atomic mass is 79.9. The predicted octanol–water partition coefficient (Wildman–Crippen LogP) is 4.06. The fraction of sp³-hybridized carbons (Fsp3) is 0.278. The molecule has 2 aromatic carbocycles. The molecule has 2 amide bonds. The molecule has 0 unspecified atom stereocenters. The minimum atomic E-state index is -0.103. The maximum Gasteiger partial charge on any atom is 0.322 e. The van der Waals surface area contributed by atoms with Crippen molar-refractivity contribution < 1.29 is 14.3 Å².